The predicted molar refractivity (Wildman–Crippen MR) is 139 cm³/mol. The number of rotatable bonds is 10. The third-order valence-electron chi connectivity index (χ3n) is 5.71. The first-order chi connectivity index (χ1) is 17.3. The summed E-state index contributed by atoms with van der Waals surface area (Å²) in [6.45, 7) is 6.41. The van der Waals surface area contributed by atoms with Crippen LogP contribution in [-0.2, 0) is 30.8 Å². The number of allylic oxidation sites excluding steroid dienone is 1. The highest BCUT2D eigenvalue weighted by atomic mass is 35.5. The van der Waals surface area contributed by atoms with E-state index in [0.717, 1.165) is 29.7 Å². The molecule has 1 atom stereocenters. The zero-order chi connectivity index (χ0) is 25.8. The summed E-state index contributed by atoms with van der Waals surface area (Å²) in [6.07, 6.45) is 4.34. The summed E-state index contributed by atoms with van der Waals surface area (Å²) in [4.78, 5) is 26.0. The molecule has 0 radical (unpaired) electrons. The average molecular weight is 550 g/mol. The van der Waals surface area contributed by atoms with Crippen molar-refractivity contribution in [2.75, 3.05) is 11.1 Å². The van der Waals surface area contributed by atoms with E-state index in [2.05, 4.69) is 29.0 Å². The molecule has 36 heavy (non-hydrogen) atoms. The summed E-state index contributed by atoms with van der Waals surface area (Å²) >= 11 is 8.44. The molecule has 12 heteroatoms. The standard InChI is InChI=1S/C24H25ClFN5O3S2/c1-3-8-31-19(11-34-14-5-7-17(26)16(25)10-14)29-30-24(31)35-12-20(32)28-23-21(22(27)33)15-6-4-13(2)9-18(15)36-23/h3,5,7,10,13H,1,4,6,8-9,11-12H2,2H3,(H2,27,33)(H,28,32). The minimum absolute atomic E-state index is 0.0390. The topological polar surface area (TPSA) is 112 Å². The number of amides is 2. The van der Waals surface area contributed by atoms with Crippen LogP contribution in [0.4, 0.5) is 9.39 Å². The summed E-state index contributed by atoms with van der Waals surface area (Å²) < 4.78 is 20.8. The first-order valence-corrected chi connectivity index (χ1v) is 13.4. The maximum absolute atomic E-state index is 13.4. The highest BCUT2D eigenvalue weighted by molar-refractivity contribution is 7.99. The third-order valence-corrected chi connectivity index (χ3v) is 8.13. The number of carbonyl (C=O) groups excluding carboxylic acids is 2. The van der Waals surface area contributed by atoms with E-state index in [9.17, 15) is 14.0 Å². The van der Waals surface area contributed by atoms with Gasteiger partial charge in [-0.15, -0.1) is 28.1 Å². The van der Waals surface area contributed by atoms with Crippen molar-refractivity contribution in [1.29, 1.82) is 0 Å². The number of aromatic nitrogens is 3. The first kappa shape index (κ1) is 26.2. The highest BCUT2D eigenvalue weighted by Gasteiger charge is 2.27. The van der Waals surface area contributed by atoms with Gasteiger partial charge >= 0.3 is 0 Å². The van der Waals surface area contributed by atoms with Gasteiger partial charge in [0.2, 0.25) is 5.91 Å². The van der Waals surface area contributed by atoms with E-state index < -0.39 is 11.7 Å². The molecule has 0 aliphatic heterocycles. The van der Waals surface area contributed by atoms with E-state index in [-0.39, 0.29) is 23.3 Å². The normalized spacial score (nSPS) is 14.8. The van der Waals surface area contributed by atoms with Gasteiger partial charge in [-0.2, -0.15) is 0 Å². The second-order valence-electron chi connectivity index (χ2n) is 8.42. The number of thioether (sulfide) groups is 1. The number of anilines is 1. The van der Waals surface area contributed by atoms with Gasteiger partial charge in [0.1, 0.15) is 23.2 Å². The van der Waals surface area contributed by atoms with E-state index >= 15 is 0 Å². The monoisotopic (exact) mass is 549 g/mol. The molecule has 0 saturated carbocycles. The van der Waals surface area contributed by atoms with Crippen molar-refractivity contribution in [2.45, 2.75) is 44.5 Å². The fourth-order valence-corrected chi connectivity index (χ4v) is 6.32. The summed E-state index contributed by atoms with van der Waals surface area (Å²) in [5.74, 6) is 0.155. The van der Waals surface area contributed by atoms with Crippen LogP contribution in [0.1, 0.15) is 40.0 Å². The molecule has 1 unspecified atom stereocenters. The number of benzene rings is 1. The number of fused-ring (bicyclic) bond motifs is 1. The Morgan fingerprint density at radius 1 is 1.44 bits per heavy atom. The molecule has 8 nitrogen and oxygen atoms in total. The van der Waals surface area contributed by atoms with Gasteiger partial charge in [-0.3, -0.25) is 14.2 Å². The lowest BCUT2D eigenvalue weighted by molar-refractivity contribution is -0.113. The molecule has 1 aliphatic carbocycles. The maximum atomic E-state index is 13.4. The Morgan fingerprint density at radius 2 is 2.25 bits per heavy atom. The molecule has 4 rings (SSSR count). The fraction of sp³-hybridized carbons (Fsp3) is 0.333. The third kappa shape index (κ3) is 5.91. The Balaban J connectivity index is 1.42. The van der Waals surface area contributed by atoms with Crippen LogP contribution in [0.5, 0.6) is 5.75 Å². The number of halogens is 2. The number of nitrogens with two attached hydrogens (primary N) is 1. The van der Waals surface area contributed by atoms with E-state index in [1.54, 1.807) is 10.6 Å². The van der Waals surface area contributed by atoms with Gasteiger partial charge in [-0.1, -0.05) is 36.4 Å². The van der Waals surface area contributed by atoms with Crippen molar-refractivity contribution in [3.8, 4) is 5.75 Å². The molecule has 190 valence electrons. The lowest BCUT2D eigenvalue weighted by Crippen LogP contribution is -2.20. The van der Waals surface area contributed by atoms with E-state index in [1.165, 1.54) is 41.3 Å². The lowest BCUT2D eigenvalue weighted by Gasteiger charge is -2.18. The molecule has 0 saturated heterocycles. The van der Waals surface area contributed by atoms with Crippen molar-refractivity contribution in [3.05, 3.63) is 63.5 Å². The first-order valence-electron chi connectivity index (χ1n) is 11.2. The maximum Gasteiger partial charge on any atom is 0.251 e. The van der Waals surface area contributed by atoms with Crippen LogP contribution < -0.4 is 15.8 Å². The minimum Gasteiger partial charge on any atom is -0.486 e. The second-order valence-corrected chi connectivity index (χ2v) is 10.9. The molecule has 2 heterocycles. The number of hydrogen-bond acceptors (Lipinski definition) is 7. The summed E-state index contributed by atoms with van der Waals surface area (Å²) in [5, 5.41) is 12.2. The molecule has 3 N–H and O–H groups in total. The Kier molecular flexibility index (Phi) is 8.32. The Bertz CT molecular complexity index is 1310. The zero-order valence-electron chi connectivity index (χ0n) is 19.6. The molecule has 2 amide bonds. The Hall–Kier alpha value is -2.89. The van der Waals surface area contributed by atoms with Gasteiger partial charge in [0.05, 0.1) is 16.3 Å². The molecule has 0 fully saturated rings. The molecule has 1 aliphatic rings. The minimum atomic E-state index is -0.531. The number of hydrogen-bond donors (Lipinski definition) is 2. The van der Waals surface area contributed by atoms with Crippen LogP contribution >= 0.6 is 34.7 Å². The molecule has 1 aromatic carbocycles. The van der Waals surface area contributed by atoms with E-state index in [4.69, 9.17) is 22.1 Å². The number of carbonyl (C=O) groups is 2. The van der Waals surface area contributed by atoms with Crippen molar-refractivity contribution >= 4 is 51.5 Å². The van der Waals surface area contributed by atoms with Crippen molar-refractivity contribution in [2.24, 2.45) is 11.7 Å². The summed E-state index contributed by atoms with van der Waals surface area (Å²) in [5.41, 5.74) is 7.03. The molecule has 2 aromatic heterocycles. The van der Waals surface area contributed by atoms with Gasteiger partial charge in [0.15, 0.2) is 11.0 Å². The highest BCUT2D eigenvalue weighted by Crippen LogP contribution is 2.39. The van der Waals surface area contributed by atoms with Crippen LogP contribution in [0.15, 0.2) is 36.0 Å². The number of thiophene rings is 1. The summed E-state index contributed by atoms with van der Waals surface area (Å²) in [6, 6.07) is 4.08. The molecular formula is C24H25ClFN5O3S2. The number of nitrogens with one attached hydrogen (secondary N) is 1. The molecule has 0 bridgehead atoms. The van der Waals surface area contributed by atoms with Crippen LogP contribution in [0.2, 0.25) is 5.02 Å². The zero-order valence-corrected chi connectivity index (χ0v) is 21.9. The van der Waals surface area contributed by atoms with Gasteiger partial charge in [-0.25, -0.2) is 4.39 Å². The fourth-order valence-electron chi connectivity index (χ4n) is 3.95. The van der Waals surface area contributed by atoms with Gasteiger partial charge in [-0.05, 0) is 42.9 Å². The molecule has 3 aromatic rings. The number of nitrogens with zero attached hydrogens (tertiary/aromatic N) is 3. The van der Waals surface area contributed by atoms with Crippen molar-refractivity contribution < 1.29 is 18.7 Å². The molecule has 0 spiro atoms. The largest absolute Gasteiger partial charge is 0.486 e. The van der Waals surface area contributed by atoms with E-state index in [0.29, 0.717) is 39.8 Å². The van der Waals surface area contributed by atoms with Gasteiger partial charge < -0.3 is 15.8 Å². The van der Waals surface area contributed by atoms with E-state index in [1.807, 2.05) is 0 Å². The smallest absolute Gasteiger partial charge is 0.251 e. The van der Waals surface area contributed by atoms with Gasteiger partial charge in [0, 0.05) is 17.5 Å². The summed E-state index contributed by atoms with van der Waals surface area (Å²) in [7, 11) is 0. The number of ether oxygens (including phenoxy) is 1. The Labute approximate surface area is 221 Å². The van der Waals surface area contributed by atoms with Crippen molar-refractivity contribution in [1.82, 2.24) is 14.8 Å². The quantitative estimate of drug-likeness (QED) is 0.276. The predicted octanol–water partition coefficient (Wildman–Crippen LogP) is 4.85. The Morgan fingerprint density at radius 3 is 2.97 bits per heavy atom. The number of primary amides is 1. The van der Waals surface area contributed by atoms with Crippen molar-refractivity contribution in [3.63, 3.8) is 0 Å². The van der Waals surface area contributed by atoms with Crippen LogP contribution in [0.25, 0.3) is 0 Å². The van der Waals surface area contributed by atoms with Crippen LogP contribution in [0.3, 0.4) is 0 Å². The second kappa shape index (κ2) is 11.4. The van der Waals surface area contributed by atoms with Gasteiger partial charge in [0.25, 0.3) is 5.91 Å². The van der Waals surface area contributed by atoms with Crippen LogP contribution in [-0.4, -0.2) is 32.3 Å². The van der Waals surface area contributed by atoms with Crippen LogP contribution in [0, 0.1) is 11.7 Å². The average Bonchev–Trinajstić information content (AvgIpc) is 3.38. The molecular weight excluding hydrogens is 525 g/mol. The SMILES string of the molecule is C=CCn1c(COc2ccc(F)c(Cl)c2)nnc1SCC(=O)Nc1sc2c(c1C(N)=O)CCC(C)C2. The lowest BCUT2D eigenvalue weighted by atomic mass is 9.88.